The van der Waals surface area contributed by atoms with Crippen LogP contribution >= 0.6 is 11.8 Å². The molecule has 1 aromatic carbocycles. The molecule has 0 saturated carbocycles. The lowest BCUT2D eigenvalue weighted by Gasteiger charge is -2.12. The van der Waals surface area contributed by atoms with E-state index < -0.39 is 0 Å². The van der Waals surface area contributed by atoms with Crippen LogP contribution in [-0.4, -0.2) is 37.9 Å². The Balaban J connectivity index is 1.99. The molecule has 130 valence electrons. The fraction of sp³-hybridized carbons (Fsp3) is 0.529. The van der Waals surface area contributed by atoms with E-state index in [-0.39, 0.29) is 11.9 Å². The molecular weight excluding hydrogens is 322 g/mol. The third-order valence-corrected chi connectivity index (χ3v) is 4.63. The molecule has 0 spiro atoms. The second kappa shape index (κ2) is 8.82. The van der Waals surface area contributed by atoms with Crippen molar-refractivity contribution in [3.8, 4) is 5.69 Å². The molecule has 0 aliphatic rings. The SMILES string of the molecule is CCC[C@H](C)NC(=O)CSc1nnnn1-c1ccc(C(C)C)cc1. The number of nitrogens with zero attached hydrogens (tertiary/aromatic N) is 4. The normalized spacial score (nSPS) is 12.4. The molecule has 0 aliphatic heterocycles. The predicted octanol–water partition coefficient (Wildman–Crippen LogP) is 3.18. The highest BCUT2D eigenvalue weighted by atomic mass is 32.2. The Kier molecular flexibility index (Phi) is 6.78. The van der Waals surface area contributed by atoms with Crippen molar-refractivity contribution in [1.82, 2.24) is 25.5 Å². The fourth-order valence-corrected chi connectivity index (χ4v) is 3.09. The zero-order valence-electron chi connectivity index (χ0n) is 14.7. The number of nitrogens with one attached hydrogen (secondary N) is 1. The van der Waals surface area contributed by atoms with Gasteiger partial charge in [0.1, 0.15) is 0 Å². The van der Waals surface area contributed by atoms with Crippen LogP contribution in [-0.2, 0) is 4.79 Å². The number of aromatic nitrogens is 4. The molecule has 0 bridgehead atoms. The number of thioether (sulfide) groups is 1. The highest BCUT2D eigenvalue weighted by molar-refractivity contribution is 7.99. The van der Waals surface area contributed by atoms with Crippen molar-refractivity contribution in [1.29, 1.82) is 0 Å². The van der Waals surface area contributed by atoms with Gasteiger partial charge in [-0.05, 0) is 47.4 Å². The largest absolute Gasteiger partial charge is 0.353 e. The van der Waals surface area contributed by atoms with E-state index in [0.717, 1.165) is 18.5 Å². The minimum atomic E-state index is 0.00524. The van der Waals surface area contributed by atoms with Gasteiger partial charge < -0.3 is 5.32 Å². The lowest BCUT2D eigenvalue weighted by molar-refractivity contribution is -0.119. The summed E-state index contributed by atoms with van der Waals surface area (Å²) in [7, 11) is 0. The zero-order valence-corrected chi connectivity index (χ0v) is 15.5. The van der Waals surface area contributed by atoms with E-state index in [1.807, 2.05) is 19.1 Å². The molecule has 0 fully saturated rings. The quantitative estimate of drug-likeness (QED) is 0.743. The summed E-state index contributed by atoms with van der Waals surface area (Å²) in [4.78, 5) is 12.0. The van der Waals surface area contributed by atoms with Crippen LogP contribution in [0.5, 0.6) is 0 Å². The second-order valence-corrected chi connectivity index (χ2v) is 7.11. The Morgan fingerprint density at radius 3 is 2.58 bits per heavy atom. The maximum atomic E-state index is 12.0. The van der Waals surface area contributed by atoms with E-state index in [1.165, 1.54) is 17.3 Å². The summed E-state index contributed by atoms with van der Waals surface area (Å²) in [6.45, 7) is 8.44. The summed E-state index contributed by atoms with van der Waals surface area (Å²) >= 11 is 1.34. The molecule has 1 atom stereocenters. The van der Waals surface area contributed by atoms with Crippen LogP contribution in [0.3, 0.4) is 0 Å². The van der Waals surface area contributed by atoms with E-state index >= 15 is 0 Å². The van der Waals surface area contributed by atoms with Gasteiger partial charge in [-0.3, -0.25) is 4.79 Å². The molecule has 1 N–H and O–H groups in total. The van der Waals surface area contributed by atoms with Crippen LogP contribution in [0.2, 0.25) is 0 Å². The van der Waals surface area contributed by atoms with E-state index in [0.29, 0.717) is 16.8 Å². The van der Waals surface area contributed by atoms with Gasteiger partial charge in [0, 0.05) is 6.04 Å². The summed E-state index contributed by atoms with van der Waals surface area (Å²) < 4.78 is 1.66. The summed E-state index contributed by atoms with van der Waals surface area (Å²) in [5.74, 6) is 0.791. The first-order valence-electron chi connectivity index (χ1n) is 8.32. The minimum absolute atomic E-state index is 0.00524. The van der Waals surface area contributed by atoms with Crippen molar-refractivity contribution in [2.24, 2.45) is 0 Å². The lowest BCUT2D eigenvalue weighted by atomic mass is 10.0. The van der Waals surface area contributed by atoms with Gasteiger partial charge in [0.25, 0.3) is 0 Å². The van der Waals surface area contributed by atoms with E-state index in [4.69, 9.17) is 0 Å². The monoisotopic (exact) mass is 347 g/mol. The number of tetrazole rings is 1. The summed E-state index contributed by atoms with van der Waals surface area (Å²) in [5.41, 5.74) is 2.16. The van der Waals surface area contributed by atoms with Crippen LogP contribution in [0.25, 0.3) is 5.69 Å². The lowest BCUT2D eigenvalue weighted by Crippen LogP contribution is -2.33. The molecule has 24 heavy (non-hydrogen) atoms. The predicted molar refractivity (Wildman–Crippen MR) is 96.5 cm³/mol. The van der Waals surface area contributed by atoms with Crippen LogP contribution in [0, 0.1) is 0 Å². The third-order valence-electron chi connectivity index (χ3n) is 3.71. The summed E-state index contributed by atoms with van der Waals surface area (Å²) in [6, 6.07) is 8.35. The van der Waals surface area contributed by atoms with Crippen molar-refractivity contribution in [3.05, 3.63) is 29.8 Å². The molecule has 1 amide bonds. The van der Waals surface area contributed by atoms with Gasteiger partial charge in [-0.25, -0.2) is 0 Å². The first-order chi connectivity index (χ1) is 11.5. The molecule has 7 heteroatoms. The van der Waals surface area contributed by atoms with Gasteiger partial charge in [-0.1, -0.05) is 51.1 Å². The van der Waals surface area contributed by atoms with Gasteiger partial charge in [-0.2, -0.15) is 4.68 Å². The maximum Gasteiger partial charge on any atom is 0.230 e. The average Bonchev–Trinajstić information content (AvgIpc) is 3.01. The Bertz CT molecular complexity index is 653. The number of rotatable bonds is 8. The molecule has 1 heterocycles. The van der Waals surface area contributed by atoms with Gasteiger partial charge in [0.05, 0.1) is 11.4 Å². The smallest absolute Gasteiger partial charge is 0.230 e. The van der Waals surface area contributed by atoms with Gasteiger partial charge in [0.15, 0.2) is 0 Å². The Morgan fingerprint density at radius 2 is 1.96 bits per heavy atom. The van der Waals surface area contributed by atoms with Crippen molar-refractivity contribution in [2.75, 3.05) is 5.75 Å². The molecule has 1 aromatic heterocycles. The Hall–Kier alpha value is -1.89. The van der Waals surface area contributed by atoms with Crippen molar-refractivity contribution in [3.63, 3.8) is 0 Å². The molecule has 2 rings (SSSR count). The number of hydrogen-bond acceptors (Lipinski definition) is 5. The van der Waals surface area contributed by atoms with Crippen molar-refractivity contribution >= 4 is 17.7 Å². The molecule has 2 aromatic rings. The standard InChI is InChI=1S/C17H25N5OS/c1-5-6-13(4)18-16(23)11-24-17-19-20-21-22(17)15-9-7-14(8-10-15)12(2)3/h7-10,12-13H,5-6,11H2,1-4H3,(H,18,23)/t13-/m0/s1. The van der Waals surface area contributed by atoms with Gasteiger partial charge >= 0.3 is 0 Å². The van der Waals surface area contributed by atoms with E-state index in [2.05, 4.69) is 53.7 Å². The number of carbonyl (C=O) groups is 1. The number of amides is 1. The van der Waals surface area contributed by atoms with E-state index in [1.54, 1.807) is 4.68 Å². The Labute approximate surface area is 147 Å². The number of hydrogen-bond donors (Lipinski definition) is 1. The summed E-state index contributed by atoms with van der Waals surface area (Å²) in [6.07, 6.45) is 2.04. The van der Waals surface area contributed by atoms with Crippen molar-refractivity contribution < 1.29 is 4.79 Å². The molecule has 0 radical (unpaired) electrons. The Morgan fingerprint density at radius 1 is 1.25 bits per heavy atom. The van der Waals surface area contributed by atoms with Gasteiger partial charge in [-0.15, -0.1) is 5.10 Å². The zero-order chi connectivity index (χ0) is 17.5. The van der Waals surface area contributed by atoms with Crippen molar-refractivity contribution in [2.45, 2.75) is 57.7 Å². The maximum absolute atomic E-state index is 12.0. The third kappa shape index (κ3) is 5.06. The van der Waals surface area contributed by atoms with Gasteiger partial charge in [0.2, 0.25) is 11.1 Å². The van der Waals surface area contributed by atoms with Crippen LogP contribution in [0.15, 0.2) is 29.4 Å². The number of benzene rings is 1. The first kappa shape index (κ1) is 18.4. The van der Waals surface area contributed by atoms with Crippen LogP contribution < -0.4 is 5.32 Å². The molecule has 6 nitrogen and oxygen atoms in total. The molecule has 0 aliphatic carbocycles. The molecular formula is C17H25N5OS. The highest BCUT2D eigenvalue weighted by Gasteiger charge is 2.13. The number of carbonyl (C=O) groups excluding carboxylic acids is 1. The second-order valence-electron chi connectivity index (χ2n) is 6.17. The molecule has 0 saturated heterocycles. The van der Waals surface area contributed by atoms with Crippen LogP contribution in [0.1, 0.15) is 52.0 Å². The first-order valence-corrected chi connectivity index (χ1v) is 9.30. The summed E-state index contributed by atoms with van der Waals surface area (Å²) in [5, 5.41) is 15.4. The molecule has 0 unspecified atom stereocenters. The highest BCUT2D eigenvalue weighted by Crippen LogP contribution is 2.20. The average molecular weight is 347 g/mol. The topological polar surface area (TPSA) is 72.7 Å². The minimum Gasteiger partial charge on any atom is -0.353 e. The van der Waals surface area contributed by atoms with Crippen LogP contribution in [0.4, 0.5) is 0 Å². The van der Waals surface area contributed by atoms with E-state index in [9.17, 15) is 4.79 Å². The fourth-order valence-electron chi connectivity index (χ4n) is 2.38.